The van der Waals surface area contributed by atoms with Gasteiger partial charge in [0.1, 0.15) is 29.3 Å². The first-order chi connectivity index (χ1) is 18.1. The van der Waals surface area contributed by atoms with Crippen molar-refractivity contribution in [1.82, 2.24) is 5.32 Å². The van der Waals surface area contributed by atoms with Crippen LogP contribution < -0.4 is 15.0 Å². The molecule has 0 radical (unpaired) electrons. The number of nitriles is 1. The van der Waals surface area contributed by atoms with Gasteiger partial charge in [-0.3, -0.25) is 4.79 Å². The summed E-state index contributed by atoms with van der Waals surface area (Å²) in [5.41, 5.74) is 0.352. The van der Waals surface area contributed by atoms with E-state index in [-0.39, 0.29) is 23.8 Å². The molecule has 2 aromatic carbocycles. The molecule has 2 aliphatic rings. The fourth-order valence-electron chi connectivity index (χ4n) is 4.22. The topological polar surface area (TPSA) is 101 Å². The van der Waals surface area contributed by atoms with Crippen LogP contribution in [0.3, 0.4) is 0 Å². The maximum atomic E-state index is 14.5. The molecule has 2 heterocycles. The largest absolute Gasteiger partial charge is 0.493 e. The van der Waals surface area contributed by atoms with Crippen LogP contribution in [0.1, 0.15) is 44.7 Å². The second-order valence-corrected chi connectivity index (χ2v) is 11.4. The molecule has 0 aliphatic carbocycles. The molecule has 0 saturated carbocycles. The minimum Gasteiger partial charge on any atom is -0.493 e. The number of rotatable bonds is 6. The zero-order chi connectivity index (χ0) is 27.3. The Kier molecular flexibility index (Phi) is 8.80. The van der Waals surface area contributed by atoms with Gasteiger partial charge in [0.15, 0.2) is 0 Å². The summed E-state index contributed by atoms with van der Waals surface area (Å²) in [6.45, 7) is 7.52. The molecule has 1 saturated heterocycles. The van der Waals surface area contributed by atoms with Crippen molar-refractivity contribution in [2.45, 2.75) is 56.7 Å². The molecule has 0 aromatic heterocycles. The Morgan fingerprint density at radius 1 is 1.24 bits per heavy atom. The van der Waals surface area contributed by atoms with Crippen molar-refractivity contribution in [1.29, 1.82) is 5.26 Å². The molecule has 38 heavy (non-hydrogen) atoms. The number of nitrogens with one attached hydrogen (secondary N) is 1. The van der Waals surface area contributed by atoms with Crippen molar-refractivity contribution in [3.63, 3.8) is 0 Å². The summed E-state index contributed by atoms with van der Waals surface area (Å²) in [6.07, 6.45) is 1.25. The van der Waals surface area contributed by atoms with Crippen LogP contribution in [0, 0.1) is 23.1 Å². The molecule has 1 fully saturated rings. The molecular weight excluding hydrogens is 509 g/mol. The van der Waals surface area contributed by atoms with Crippen molar-refractivity contribution in [2.24, 2.45) is 5.92 Å². The molecule has 0 unspecified atom stereocenters. The molecule has 1 atom stereocenters. The summed E-state index contributed by atoms with van der Waals surface area (Å²) in [5, 5.41) is 12.0. The zero-order valence-corrected chi connectivity index (χ0v) is 22.6. The average molecular weight is 542 g/mol. The monoisotopic (exact) mass is 541 g/mol. The van der Waals surface area contributed by atoms with E-state index in [1.165, 1.54) is 28.8 Å². The second kappa shape index (κ2) is 12.0. The lowest BCUT2D eigenvalue weighted by Crippen LogP contribution is -2.50. The van der Waals surface area contributed by atoms with Gasteiger partial charge in [0, 0.05) is 23.9 Å². The Balaban J connectivity index is 1.54. The van der Waals surface area contributed by atoms with E-state index in [1.54, 1.807) is 20.8 Å². The van der Waals surface area contributed by atoms with E-state index in [1.807, 2.05) is 30.3 Å². The van der Waals surface area contributed by atoms with Gasteiger partial charge in [-0.2, -0.15) is 5.26 Å². The van der Waals surface area contributed by atoms with Gasteiger partial charge in [-0.05, 0) is 69.4 Å². The van der Waals surface area contributed by atoms with E-state index in [0.717, 1.165) is 37.4 Å². The predicted octanol–water partition coefficient (Wildman–Crippen LogP) is 5.03. The lowest BCUT2D eigenvalue weighted by atomic mass is 10.0. The standard InChI is InChI=1S/C28H32FN3O5S/c1-28(2,3)37-27(34)31-23-17-38-25-13-22(29)20(14-30)12-24(25)32(26(23)33)15-18-4-6-21(7-5-18)36-16-19-8-10-35-11-9-19/h4-7,12-13,19,23H,8-11,15-17H2,1-3H3,(H,31,34)/t23-/m0/s1. The van der Waals surface area contributed by atoms with Crippen LogP contribution in [0.2, 0.25) is 0 Å². The summed E-state index contributed by atoms with van der Waals surface area (Å²) >= 11 is 1.24. The van der Waals surface area contributed by atoms with Crippen LogP contribution >= 0.6 is 11.8 Å². The highest BCUT2D eigenvalue weighted by Gasteiger charge is 2.34. The highest BCUT2D eigenvalue weighted by atomic mass is 32.2. The number of alkyl carbamates (subject to hydrolysis) is 1. The maximum Gasteiger partial charge on any atom is 0.408 e. The molecule has 4 rings (SSSR count). The van der Waals surface area contributed by atoms with Gasteiger partial charge >= 0.3 is 6.09 Å². The fraction of sp³-hybridized carbons (Fsp3) is 0.464. The summed E-state index contributed by atoms with van der Waals surface area (Å²) in [7, 11) is 0. The summed E-state index contributed by atoms with van der Waals surface area (Å²) in [4.78, 5) is 28.1. The zero-order valence-electron chi connectivity index (χ0n) is 21.8. The smallest absolute Gasteiger partial charge is 0.408 e. The third-order valence-electron chi connectivity index (χ3n) is 6.21. The van der Waals surface area contributed by atoms with Crippen LogP contribution in [-0.2, 0) is 20.8 Å². The molecule has 202 valence electrons. The minimum atomic E-state index is -0.905. The van der Waals surface area contributed by atoms with Gasteiger partial charge in [-0.25, -0.2) is 9.18 Å². The molecule has 0 spiro atoms. The minimum absolute atomic E-state index is 0.155. The Labute approximate surface area is 226 Å². The van der Waals surface area contributed by atoms with Gasteiger partial charge in [0.2, 0.25) is 0 Å². The maximum absolute atomic E-state index is 14.5. The number of nitrogens with zero attached hydrogens (tertiary/aromatic N) is 2. The van der Waals surface area contributed by atoms with Gasteiger partial charge < -0.3 is 24.4 Å². The quantitative estimate of drug-likeness (QED) is 0.547. The Bertz CT molecular complexity index is 1200. The normalized spacial score (nSPS) is 18.2. The number of benzene rings is 2. The number of fused-ring (bicyclic) bond motifs is 1. The molecule has 0 bridgehead atoms. The van der Waals surface area contributed by atoms with Gasteiger partial charge in [0.05, 0.1) is 24.4 Å². The molecule has 8 nitrogen and oxygen atoms in total. The number of carbonyl (C=O) groups is 2. The van der Waals surface area contributed by atoms with Crippen LogP contribution in [0.15, 0.2) is 41.3 Å². The number of amides is 2. The molecule has 2 amide bonds. The van der Waals surface area contributed by atoms with Crippen LogP contribution in [0.4, 0.5) is 14.9 Å². The molecule has 2 aromatic rings. The molecule has 2 aliphatic heterocycles. The van der Waals surface area contributed by atoms with E-state index in [4.69, 9.17) is 14.2 Å². The molecular formula is C28H32FN3O5S. The lowest BCUT2D eigenvalue weighted by Gasteiger charge is -2.27. The van der Waals surface area contributed by atoms with E-state index >= 15 is 0 Å². The Hall–Kier alpha value is -3.29. The summed E-state index contributed by atoms with van der Waals surface area (Å²) in [6, 6.07) is 11.0. The number of anilines is 1. The SMILES string of the molecule is CC(C)(C)OC(=O)N[C@H]1CSc2cc(F)c(C#N)cc2N(Cc2ccc(OCC3CCOCC3)cc2)C1=O. The predicted molar refractivity (Wildman–Crippen MR) is 142 cm³/mol. The fourth-order valence-corrected chi connectivity index (χ4v) is 5.30. The second-order valence-electron chi connectivity index (χ2n) is 10.4. The summed E-state index contributed by atoms with van der Waals surface area (Å²) in [5.74, 6) is 0.354. The van der Waals surface area contributed by atoms with E-state index in [2.05, 4.69) is 5.32 Å². The third-order valence-corrected chi connectivity index (χ3v) is 7.35. The number of hydrogen-bond donors (Lipinski definition) is 1. The molecule has 10 heteroatoms. The van der Waals surface area contributed by atoms with Crippen molar-refractivity contribution in [2.75, 3.05) is 30.5 Å². The number of carbonyl (C=O) groups excluding carboxylic acids is 2. The van der Waals surface area contributed by atoms with Crippen molar-refractivity contribution in [3.05, 3.63) is 53.3 Å². The first-order valence-electron chi connectivity index (χ1n) is 12.6. The first-order valence-corrected chi connectivity index (χ1v) is 13.6. The van der Waals surface area contributed by atoms with E-state index < -0.39 is 23.6 Å². The Morgan fingerprint density at radius 3 is 2.61 bits per heavy atom. The lowest BCUT2D eigenvalue weighted by molar-refractivity contribution is -0.120. The van der Waals surface area contributed by atoms with Crippen molar-refractivity contribution in [3.8, 4) is 11.8 Å². The number of hydrogen-bond acceptors (Lipinski definition) is 7. The summed E-state index contributed by atoms with van der Waals surface area (Å²) < 4.78 is 31.1. The Morgan fingerprint density at radius 2 is 1.95 bits per heavy atom. The van der Waals surface area contributed by atoms with E-state index in [0.29, 0.717) is 23.1 Å². The van der Waals surface area contributed by atoms with Crippen molar-refractivity contribution < 1.29 is 28.2 Å². The van der Waals surface area contributed by atoms with Crippen molar-refractivity contribution >= 4 is 29.4 Å². The van der Waals surface area contributed by atoms with Crippen LogP contribution in [-0.4, -0.2) is 49.2 Å². The first kappa shape index (κ1) is 27.7. The van der Waals surface area contributed by atoms with Gasteiger partial charge in [0.25, 0.3) is 5.91 Å². The number of halogens is 1. The number of ether oxygens (including phenoxy) is 3. The number of thioether (sulfide) groups is 1. The third kappa shape index (κ3) is 7.17. The highest BCUT2D eigenvalue weighted by molar-refractivity contribution is 7.99. The van der Waals surface area contributed by atoms with Gasteiger partial charge in [-0.15, -0.1) is 11.8 Å². The van der Waals surface area contributed by atoms with Crippen LogP contribution in [0.25, 0.3) is 0 Å². The van der Waals surface area contributed by atoms with Gasteiger partial charge in [-0.1, -0.05) is 12.1 Å². The van der Waals surface area contributed by atoms with Crippen LogP contribution in [0.5, 0.6) is 5.75 Å². The van der Waals surface area contributed by atoms with E-state index in [9.17, 15) is 19.2 Å². The highest BCUT2D eigenvalue weighted by Crippen LogP contribution is 2.37. The average Bonchev–Trinajstić information content (AvgIpc) is 2.99. The molecule has 1 N–H and O–H groups in total.